The van der Waals surface area contributed by atoms with Crippen LogP contribution in [0.2, 0.25) is 0 Å². The van der Waals surface area contributed by atoms with Crippen LogP contribution in [0.15, 0.2) is 48.5 Å². The van der Waals surface area contributed by atoms with Crippen LogP contribution in [0.1, 0.15) is 69.9 Å². The monoisotopic (exact) mass is 454 g/mol. The Balaban J connectivity index is 1.75. The van der Waals surface area contributed by atoms with Crippen molar-refractivity contribution in [2.24, 2.45) is 0 Å². The van der Waals surface area contributed by atoms with E-state index in [9.17, 15) is 14.0 Å². The van der Waals surface area contributed by atoms with E-state index < -0.39 is 11.9 Å². The van der Waals surface area contributed by atoms with Crippen molar-refractivity contribution < 1.29 is 18.7 Å². The lowest BCUT2D eigenvalue weighted by molar-refractivity contribution is -0.142. The lowest BCUT2D eigenvalue weighted by atomic mass is 9.95. The van der Waals surface area contributed by atoms with Gasteiger partial charge >= 0.3 is 0 Å². The van der Waals surface area contributed by atoms with Crippen LogP contribution >= 0.6 is 0 Å². The highest BCUT2D eigenvalue weighted by Gasteiger charge is 2.29. The minimum Gasteiger partial charge on any atom is -0.483 e. The van der Waals surface area contributed by atoms with Gasteiger partial charge in [0.15, 0.2) is 6.61 Å². The van der Waals surface area contributed by atoms with Crippen molar-refractivity contribution in [3.63, 3.8) is 0 Å². The SMILES string of the molecule is CC(C)c1ccccc1OCC(=O)N(Cc1ccccc1F)[C@@H](C)C(=O)NC1CCCCC1. The molecule has 1 fully saturated rings. The fourth-order valence-corrected chi connectivity index (χ4v) is 4.27. The van der Waals surface area contributed by atoms with Crippen LogP contribution in [-0.2, 0) is 16.1 Å². The molecule has 2 amide bonds. The van der Waals surface area contributed by atoms with Gasteiger partial charge in [-0.25, -0.2) is 4.39 Å². The first kappa shape index (κ1) is 24.7. The van der Waals surface area contributed by atoms with Crippen molar-refractivity contribution in [1.82, 2.24) is 10.2 Å². The summed E-state index contributed by atoms with van der Waals surface area (Å²) in [6, 6.07) is 13.3. The van der Waals surface area contributed by atoms with Gasteiger partial charge in [0, 0.05) is 18.2 Å². The van der Waals surface area contributed by atoms with Crippen molar-refractivity contribution in [2.75, 3.05) is 6.61 Å². The molecule has 0 bridgehead atoms. The van der Waals surface area contributed by atoms with E-state index in [2.05, 4.69) is 19.2 Å². The summed E-state index contributed by atoms with van der Waals surface area (Å²) in [6.45, 7) is 5.59. The van der Waals surface area contributed by atoms with E-state index in [4.69, 9.17) is 4.74 Å². The largest absolute Gasteiger partial charge is 0.483 e. The topological polar surface area (TPSA) is 58.6 Å². The molecule has 5 nitrogen and oxygen atoms in total. The highest BCUT2D eigenvalue weighted by molar-refractivity contribution is 5.88. The molecule has 1 saturated carbocycles. The molecule has 0 unspecified atom stereocenters. The van der Waals surface area contributed by atoms with Crippen LogP contribution in [0.4, 0.5) is 4.39 Å². The van der Waals surface area contributed by atoms with Gasteiger partial charge < -0.3 is 15.0 Å². The van der Waals surface area contributed by atoms with Gasteiger partial charge in [0.25, 0.3) is 5.91 Å². The number of rotatable bonds is 9. The predicted molar refractivity (Wildman–Crippen MR) is 127 cm³/mol. The third-order valence-electron chi connectivity index (χ3n) is 6.31. The lowest BCUT2D eigenvalue weighted by Gasteiger charge is -2.31. The van der Waals surface area contributed by atoms with E-state index in [1.165, 1.54) is 17.4 Å². The molecule has 6 heteroatoms. The molecule has 1 atom stereocenters. The number of hydrogen-bond acceptors (Lipinski definition) is 3. The first-order chi connectivity index (χ1) is 15.9. The number of hydrogen-bond donors (Lipinski definition) is 1. The molecule has 3 rings (SSSR count). The second-order valence-electron chi connectivity index (χ2n) is 9.11. The number of ether oxygens (including phenoxy) is 1. The van der Waals surface area contributed by atoms with E-state index in [1.807, 2.05) is 24.3 Å². The van der Waals surface area contributed by atoms with Crippen LogP contribution < -0.4 is 10.1 Å². The number of halogens is 1. The van der Waals surface area contributed by atoms with Gasteiger partial charge in [0.2, 0.25) is 5.91 Å². The van der Waals surface area contributed by atoms with Gasteiger partial charge in [-0.3, -0.25) is 9.59 Å². The zero-order valence-electron chi connectivity index (χ0n) is 19.9. The molecule has 0 heterocycles. The molecule has 0 radical (unpaired) electrons. The molecule has 1 N–H and O–H groups in total. The molecular weight excluding hydrogens is 419 g/mol. The van der Waals surface area contributed by atoms with Crippen molar-refractivity contribution in [3.05, 3.63) is 65.5 Å². The van der Waals surface area contributed by atoms with E-state index >= 15 is 0 Å². The first-order valence-electron chi connectivity index (χ1n) is 11.9. The molecule has 0 aromatic heterocycles. The normalized spacial score (nSPS) is 15.2. The first-order valence-corrected chi connectivity index (χ1v) is 11.9. The summed E-state index contributed by atoms with van der Waals surface area (Å²) < 4.78 is 20.2. The second-order valence-corrected chi connectivity index (χ2v) is 9.11. The van der Waals surface area contributed by atoms with Gasteiger partial charge in [-0.15, -0.1) is 0 Å². The number of carbonyl (C=O) groups excluding carboxylic acids is 2. The van der Waals surface area contributed by atoms with Gasteiger partial charge in [0.05, 0.1) is 0 Å². The lowest BCUT2D eigenvalue weighted by Crippen LogP contribution is -2.51. The fraction of sp³-hybridized carbons (Fsp3) is 0.481. The number of benzene rings is 2. The van der Waals surface area contributed by atoms with Crippen LogP contribution in [0.5, 0.6) is 5.75 Å². The van der Waals surface area contributed by atoms with Crippen LogP contribution in [0, 0.1) is 5.82 Å². The Morgan fingerprint density at radius 3 is 2.39 bits per heavy atom. The molecule has 2 aromatic rings. The van der Waals surface area contributed by atoms with E-state index in [0.717, 1.165) is 31.2 Å². The van der Waals surface area contributed by atoms with Crippen LogP contribution in [0.25, 0.3) is 0 Å². The smallest absolute Gasteiger partial charge is 0.261 e. The van der Waals surface area contributed by atoms with E-state index in [-0.39, 0.29) is 36.9 Å². The Labute approximate surface area is 196 Å². The number of nitrogens with one attached hydrogen (secondary N) is 1. The zero-order valence-corrected chi connectivity index (χ0v) is 19.9. The summed E-state index contributed by atoms with van der Waals surface area (Å²) in [6.07, 6.45) is 5.29. The second kappa shape index (κ2) is 11.8. The Bertz CT molecular complexity index is 940. The maximum Gasteiger partial charge on any atom is 0.261 e. The Morgan fingerprint density at radius 2 is 1.70 bits per heavy atom. The summed E-state index contributed by atoms with van der Waals surface area (Å²) in [5.41, 5.74) is 1.37. The standard InChI is InChI=1S/C27H35FN2O3/c1-19(2)23-14-8-10-16-25(23)33-18-26(31)30(17-21-11-7-9-15-24(21)28)20(3)27(32)29-22-12-5-4-6-13-22/h7-11,14-16,19-20,22H,4-6,12-13,17-18H2,1-3H3,(H,29,32)/t20-/m0/s1. The van der Waals surface area contributed by atoms with E-state index in [0.29, 0.717) is 11.3 Å². The molecule has 0 spiro atoms. The molecule has 2 aromatic carbocycles. The number of carbonyl (C=O) groups is 2. The minimum absolute atomic E-state index is 0.0000522. The molecule has 178 valence electrons. The number of para-hydroxylation sites is 1. The molecule has 0 saturated heterocycles. The molecular formula is C27H35FN2O3. The Hall–Kier alpha value is -2.89. The average Bonchev–Trinajstić information content (AvgIpc) is 2.82. The average molecular weight is 455 g/mol. The van der Waals surface area contributed by atoms with Gasteiger partial charge in [0.1, 0.15) is 17.6 Å². The van der Waals surface area contributed by atoms with Crippen LogP contribution in [0.3, 0.4) is 0 Å². The molecule has 1 aliphatic rings. The summed E-state index contributed by atoms with van der Waals surface area (Å²) in [4.78, 5) is 27.7. The number of nitrogens with zero attached hydrogens (tertiary/aromatic N) is 1. The highest BCUT2D eigenvalue weighted by Crippen LogP contribution is 2.26. The van der Waals surface area contributed by atoms with Gasteiger partial charge in [-0.2, -0.15) is 0 Å². The van der Waals surface area contributed by atoms with Crippen molar-refractivity contribution in [1.29, 1.82) is 0 Å². The number of amides is 2. The molecule has 0 aliphatic heterocycles. The Kier molecular flexibility index (Phi) is 8.87. The molecule has 33 heavy (non-hydrogen) atoms. The maximum absolute atomic E-state index is 14.4. The summed E-state index contributed by atoms with van der Waals surface area (Å²) >= 11 is 0. The quantitative estimate of drug-likeness (QED) is 0.567. The van der Waals surface area contributed by atoms with Crippen molar-refractivity contribution >= 4 is 11.8 Å². The minimum atomic E-state index is -0.747. The Morgan fingerprint density at radius 1 is 1.03 bits per heavy atom. The fourth-order valence-electron chi connectivity index (χ4n) is 4.27. The predicted octanol–water partition coefficient (Wildman–Crippen LogP) is 5.19. The third-order valence-corrected chi connectivity index (χ3v) is 6.31. The highest BCUT2D eigenvalue weighted by atomic mass is 19.1. The van der Waals surface area contributed by atoms with Crippen molar-refractivity contribution in [2.45, 2.75) is 77.4 Å². The van der Waals surface area contributed by atoms with Gasteiger partial charge in [-0.05, 0) is 43.4 Å². The van der Waals surface area contributed by atoms with Crippen molar-refractivity contribution in [3.8, 4) is 5.75 Å². The summed E-state index contributed by atoms with van der Waals surface area (Å²) in [5, 5.41) is 3.08. The van der Waals surface area contributed by atoms with E-state index in [1.54, 1.807) is 25.1 Å². The van der Waals surface area contributed by atoms with Gasteiger partial charge in [-0.1, -0.05) is 69.5 Å². The zero-order chi connectivity index (χ0) is 23.8. The summed E-state index contributed by atoms with van der Waals surface area (Å²) in [5.74, 6) is -0.0875. The van der Waals surface area contributed by atoms with Crippen LogP contribution in [-0.4, -0.2) is 35.4 Å². The maximum atomic E-state index is 14.4. The molecule has 1 aliphatic carbocycles. The summed E-state index contributed by atoms with van der Waals surface area (Å²) in [7, 11) is 0. The third kappa shape index (κ3) is 6.80.